The number of morpholine rings is 1. The fourth-order valence-electron chi connectivity index (χ4n) is 3.07. The van der Waals surface area contributed by atoms with Gasteiger partial charge in [-0.25, -0.2) is 8.42 Å². The van der Waals surface area contributed by atoms with E-state index >= 15 is 0 Å². The van der Waals surface area contributed by atoms with Gasteiger partial charge in [0.05, 0.1) is 28.7 Å². The van der Waals surface area contributed by atoms with Crippen molar-refractivity contribution in [1.82, 2.24) is 4.90 Å². The monoisotopic (exact) mass is 422 g/mol. The molecule has 1 aliphatic rings. The van der Waals surface area contributed by atoms with Crippen LogP contribution in [0.15, 0.2) is 53.4 Å². The Kier molecular flexibility index (Phi) is 6.72. The lowest BCUT2D eigenvalue weighted by Gasteiger charge is -2.30. The third-order valence-electron chi connectivity index (χ3n) is 4.65. The van der Waals surface area contributed by atoms with E-state index in [1.54, 1.807) is 4.90 Å². The molecule has 150 valence electrons. The molecule has 3 rings (SSSR count). The van der Waals surface area contributed by atoms with E-state index in [2.05, 4.69) is 4.90 Å². The first-order valence-corrected chi connectivity index (χ1v) is 11.3. The molecule has 28 heavy (non-hydrogen) atoms. The molecule has 2 aromatic carbocycles. The van der Waals surface area contributed by atoms with Crippen LogP contribution in [0.3, 0.4) is 0 Å². The van der Waals surface area contributed by atoms with E-state index in [-0.39, 0.29) is 21.4 Å². The van der Waals surface area contributed by atoms with Crippen LogP contribution in [-0.2, 0) is 14.6 Å². The van der Waals surface area contributed by atoms with Gasteiger partial charge >= 0.3 is 0 Å². The number of anilines is 1. The van der Waals surface area contributed by atoms with Crippen LogP contribution in [0.5, 0.6) is 0 Å². The van der Waals surface area contributed by atoms with Crippen molar-refractivity contribution in [1.29, 1.82) is 0 Å². The van der Waals surface area contributed by atoms with Gasteiger partial charge in [0.2, 0.25) is 0 Å². The number of hydrogen-bond donors (Lipinski definition) is 0. The number of hydrogen-bond acceptors (Lipinski definition) is 5. The van der Waals surface area contributed by atoms with E-state index in [1.807, 2.05) is 30.3 Å². The minimum Gasteiger partial charge on any atom is -0.379 e. The molecule has 1 heterocycles. The van der Waals surface area contributed by atoms with Crippen molar-refractivity contribution < 1.29 is 17.9 Å². The summed E-state index contributed by atoms with van der Waals surface area (Å²) in [7, 11) is -3.45. The molecule has 1 fully saturated rings. The molecule has 0 radical (unpaired) electrons. The summed E-state index contributed by atoms with van der Waals surface area (Å²) in [6.07, 6.45) is 1.11. The van der Waals surface area contributed by atoms with Gasteiger partial charge in [0.15, 0.2) is 9.84 Å². The van der Waals surface area contributed by atoms with Gasteiger partial charge in [0.25, 0.3) is 5.91 Å². The smallest absolute Gasteiger partial charge is 0.259 e. The van der Waals surface area contributed by atoms with Crippen molar-refractivity contribution in [3.63, 3.8) is 0 Å². The van der Waals surface area contributed by atoms with Crippen molar-refractivity contribution >= 4 is 33.0 Å². The SMILES string of the molecule is CS(=O)(=O)c1ccc(Cl)c(C(=O)N(CCN2CCOCC2)c2ccccc2)c1. The molecule has 0 bridgehead atoms. The van der Waals surface area contributed by atoms with E-state index in [9.17, 15) is 13.2 Å². The zero-order valence-corrected chi connectivity index (χ0v) is 17.2. The Morgan fingerprint density at radius 1 is 1.14 bits per heavy atom. The van der Waals surface area contributed by atoms with Crippen LogP contribution in [0.1, 0.15) is 10.4 Å². The largest absolute Gasteiger partial charge is 0.379 e. The van der Waals surface area contributed by atoms with Crippen molar-refractivity contribution in [2.24, 2.45) is 0 Å². The average molecular weight is 423 g/mol. The number of ether oxygens (including phenoxy) is 1. The van der Waals surface area contributed by atoms with Crippen molar-refractivity contribution in [2.45, 2.75) is 4.90 Å². The second-order valence-electron chi connectivity index (χ2n) is 6.66. The second kappa shape index (κ2) is 9.05. The third kappa shape index (κ3) is 5.11. The highest BCUT2D eigenvalue weighted by Crippen LogP contribution is 2.25. The Bertz CT molecular complexity index is 928. The predicted molar refractivity (Wildman–Crippen MR) is 110 cm³/mol. The highest BCUT2D eigenvalue weighted by molar-refractivity contribution is 7.90. The number of rotatable bonds is 6. The molecule has 6 nitrogen and oxygen atoms in total. The fourth-order valence-corrected chi connectivity index (χ4v) is 3.91. The Hall–Kier alpha value is -1.93. The first-order chi connectivity index (χ1) is 13.4. The molecule has 0 saturated carbocycles. The highest BCUT2D eigenvalue weighted by Gasteiger charge is 2.23. The van der Waals surface area contributed by atoms with Gasteiger partial charge in [0.1, 0.15) is 0 Å². The molecular weight excluding hydrogens is 400 g/mol. The number of carbonyl (C=O) groups excluding carboxylic acids is 1. The molecule has 0 unspecified atom stereocenters. The van der Waals surface area contributed by atoms with Gasteiger partial charge in [-0.2, -0.15) is 0 Å². The summed E-state index contributed by atoms with van der Waals surface area (Å²) in [6, 6.07) is 13.5. The molecule has 0 aromatic heterocycles. The van der Waals surface area contributed by atoms with E-state index in [4.69, 9.17) is 16.3 Å². The van der Waals surface area contributed by atoms with Crippen LogP contribution >= 0.6 is 11.6 Å². The molecule has 0 N–H and O–H groups in total. The maximum absolute atomic E-state index is 13.3. The molecule has 1 saturated heterocycles. The molecule has 2 aromatic rings. The van der Waals surface area contributed by atoms with E-state index in [0.29, 0.717) is 26.3 Å². The maximum atomic E-state index is 13.3. The summed E-state index contributed by atoms with van der Waals surface area (Å²) in [5.74, 6) is -0.324. The van der Waals surface area contributed by atoms with Gasteiger partial charge in [-0.05, 0) is 30.3 Å². The van der Waals surface area contributed by atoms with E-state index < -0.39 is 9.84 Å². The molecule has 0 aliphatic carbocycles. The quantitative estimate of drug-likeness (QED) is 0.716. The number of amides is 1. The molecular formula is C20H23ClN2O4S. The van der Waals surface area contributed by atoms with Crippen LogP contribution in [-0.4, -0.2) is 64.9 Å². The zero-order chi connectivity index (χ0) is 20.1. The maximum Gasteiger partial charge on any atom is 0.259 e. The minimum atomic E-state index is -3.45. The lowest BCUT2D eigenvalue weighted by Crippen LogP contribution is -2.43. The summed E-state index contributed by atoms with van der Waals surface area (Å²) < 4.78 is 29.2. The fraction of sp³-hybridized carbons (Fsp3) is 0.350. The predicted octanol–water partition coefficient (Wildman–Crippen LogP) is 2.72. The summed E-state index contributed by atoms with van der Waals surface area (Å²) >= 11 is 6.25. The second-order valence-corrected chi connectivity index (χ2v) is 9.08. The summed E-state index contributed by atoms with van der Waals surface area (Å²) in [6.45, 7) is 4.15. The number of carbonyl (C=O) groups is 1. The average Bonchev–Trinajstić information content (AvgIpc) is 2.69. The van der Waals surface area contributed by atoms with Gasteiger partial charge < -0.3 is 9.64 Å². The van der Waals surface area contributed by atoms with E-state index in [1.165, 1.54) is 18.2 Å². The first-order valence-electron chi connectivity index (χ1n) is 9.03. The highest BCUT2D eigenvalue weighted by atomic mass is 35.5. The Morgan fingerprint density at radius 3 is 2.46 bits per heavy atom. The normalized spacial score (nSPS) is 15.4. The minimum absolute atomic E-state index is 0.0708. The lowest BCUT2D eigenvalue weighted by atomic mass is 10.1. The molecule has 1 aliphatic heterocycles. The number of para-hydroxylation sites is 1. The van der Waals surface area contributed by atoms with Crippen LogP contribution < -0.4 is 4.90 Å². The van der Waals surface area contributed by atoms with Crippen molar-refractivity contribution in [2.75, 3.05) is 50.5 Å². The molecule has 0 atom stereocenters. The summed E-state index contributed by atoms with van der Waals surface area (Å²) in [4.78, 5) is 17.3. The van der Waals surface area contributed by atoms with E-state index in [0.717, 1.165) is 25.0 Å². The molecule has 8 heteroatoms. The Morgan fingerprint density at radius 2 is 1.82 bits per heavy atom. The van der Waals surface area contributed by atoms with Gasteiger partial charge in [-0.1, -0.05) is 29.8 Å². The molecule has 1 amide bonds. The number of halogens is 1. The van der Waals surface area contributed by atoms with Crippen molar-refractivity contribution in [3.8, 4) is 0 Å². The lowest BCUT2D eigenvalue weighted by molar-refractivity contribution is 0.0391. The summed E-state index contributed by atoms with van der Waals surface area (Å²) in [5, 5.41) is 0.227. The van der Waals surface area contributed by atoms with Crippen LogP contribution in [0, 0.1) is 0 Å². The standard InChI is InChI=1S/C20H23ClN2O4S/c1-28(25,26)17-7-8-19(21)18(15-17)20(24)23(16-5-3-2-4-6-16)10-9-22-11-13-27-14-12-22/h2-8,15H,9-14H2,1H3. The number of benzene rings is 2. The Labute approximate surface area is 170 Å². The van der Waals surface area contributed by atoms with Crippen LogP contribution in [0.2, 0.25) is 5.02 Å². The van der Waals surface area contributed by atoms with Gasteiger partial charge in [-0.3, -0.25) is 9.69 Å². The van der Waals surface area contributed by atoms with Crippen LogP contribution in [0.25, 0.3) is 0 Å². The molecule has 0 spiro atoms. The zero-order valence-electron chi connectivity index (χ0n) is 15.7. The van der Waals surface area contributed by atoms with Gasteiger partial charge in [-0.15, -0.1) is 0 Å². The van der Waals surface area contributed by atoms with Crippen molar-refractivity contribution in [3.05, 3.63) is 59.1 Å². The topological polar surface area (TPSA) is 66.9 Å². The first kappa shape index (κ1) is 20.8. The number of sulfone groups is 1. The van der Waals surface area contributed by atoms with Gasteiger partial charge in [0, 0.05) is 38.1 Å². The Balaban J connectivity index is 1.90. The number of nitrogens with zero attached hydrogens (tertiary/aromatic N) is 2. The third-order valence-corrected chi connectivity index (χ3v) is 6.09. The van der Waals surface area contributed by atoms with Crippen LogP contribution in [0.4, 0.5) is 5.69 Å². The summed E-state index contributed by atoms with van der Waals surface area (Å²) in [5.41, 5.74) is 0.914.